The van der Waals surface area contributed by atoms with E-state index in [2.05, 4.69) is 9.48 Å². The van der Waals surface area contributed by atoms with Gasteiger partial charge in [-0.1, -0.05) is 41.9 Å². The van der Waals surface area contributed by atoms with Crippen molar-refractivity contribution >= 4 is 23.1 Å². The zero-order chi connectivity index (χ0) is 15.9. The second-order valence-corrected chi connectivity index (χ2v) is 6.71. The van der Waals surface area contributed by atoms with E-state index >= 15 is 0 Å². The van der Waals surface area contributed by atoms with Crippen molar-refractivity contribution in [2.45, 2.75) is 25.0 Å². The summed E-state index contributed by atoms with van der Waals surface area (Å²) in [6.45, 7) is 1.44. The zero-order valence-electron chi connectivity index (χ0n) is 13.0. The van der Waals surface area contributed by atoms with Gasteiger partial charge in [0.15, 0.2) is 6.54 Å². The molecule has 0 bridgehead atoms. The number of halogens is 1. The summed E-state index contributed by atoms with van der Waals surface area (Å²) in [5, 5.41) is 12.2. The van der Waals surface area contributed by atoms with Crippen LogP contribution in [0.25, 0.3) is 0 Å². The van der Waals surface area contributed by atoms with E-state index in [1.54, 1.807) is 0 Å². The molecular formula is C19H20ClN2O+. The monoisotopic (exact) mass is 327 g/mol. The Morgan fingerprint density at radius 3 is 2.48 bits per heavy atom. The van der Waals surface area contributed by atoms with Gasteiger partial charge in [-0.15, -0.1) is 0 Å². The Morgan fingerprint density at radius 1 is 1.00 bits per heavy atom. The molecule has 0 amide bonds. The molecule has 2 aromatic rings. The number of anilines is 1. The molecule has 2 aliphatic rings. The maximum absolute atomic E-state index is 11.5. The molecule has 2 aromatic carbocycles. The number of rotatable bonds is 2. The highest BCUT2D eigenvalue weighted by Crippen LogP contribution is 2.35. The van der Waals surface area contributed by atoms with E-state index in [0.29, 0.717) is 6.54 Å². The highest BCUT2D eigenvalue weighted by atomic mass is 35.5. The van der Waals surface area contributed by atoms with Crippen LogP contribution < -0.4 is 4.90 Å². The van der Waals surface area contributed by atoms with Gasteiger partial charge < -0.3 is 5.11 Å². The molecule has 0 saturated heterocycles. The first kappa shape index (κ1) is 14.7. The summed E-state index contributed by atoms with van der Waals surface area (Å²) in [5.74, 6) is 1.21. The molecule has 4 rings (SSSR count). The predicted molar refractivity (Wildman–Crippen MR) is 93.1 cm³/mol. The topological polar surface area (TPSA) is 26.5 Å². The van der Waals surface area contributed by atoms with E-state index in [1.165, 1.54) is 12.3 Å². The first-order valence-corrected chi connectivity index (χ1v) is 8.51. The minimum absolute atomic E-state index is 0.550. The fraction of sp³-hybridized carbons (Fsp3) is 0.316. The highest BCUT2D eigenvalue weighted by molar-refractivity contribution is 6.30. The van der Waals surface area contributed by atoms with E-state index in [1.807, 2.05) is 54.6 Å². The van der Waals surface area contributed by atoms with Gasteiger partial charge in [-0.05, 0) is 37.1 Å². The van der Waals surface area contributed by atoms with Crippen LogP contribution in [0.5, 0.6) is 0 Å². The summed E-state index contributed by atoms with van der Waals surface area (Å²) in [6.07, 6.45) is 3.28. The number of aliphatic hydroxyl groups is 1. The van der Waals surface area contributed by atoms with Crippen LogP contribution in [0, 0.1) is 0 Å². The Labute approximate surface area is 141 Å². The van der Waals surface area contributed by atoms with Crippen LogP contribution in [0.4, 0.5) is 5.69 Å². The molecule has 0 radical (unpaired) electrons. The van der Waals surface area contributed by atoms with E-state index < -0.39 is 5.72 Å². The molecule has 23 heavy (non-hydrogen) atoms. The Morgan fingerprint density at radius 2 is 1.74 bits per heavy atom. The summed E-state index contributed by atoms with van der Waals surface area (Å²) < 4.78 is 2.18. The van der Waals surface area contributed by atoms with E-state index in [-0.39, 0.29) is 0 Å². The van der Waals surface area contributed by atoms with Gasteiger partial charge in [0.25, 0.3) is 11.6 Å². The number of benzene rings is 2. The van der Waals surface area contributed by atoms with Crippen molar-refractivity contribution in [3.8, 4) is 0 Å². The molecule has 2 aliphatic heterocycles. The molecule has 0 fully saturated rings. The molecule has 2 heterocycles. The van der Waals surface area contributed by atoms with E-state index in [9.17, 15) is 5.11 Å². The molecular weight excluding hydrogens is 308 g/mol. The lowest BCUT2D eigenvalue weighted by Crippen LogP contribution is -2.41. The van der Waals surface area contributed by atoms with Crippen molar-refractivity contribution in [3.63, 3.8) is 0 Å². The minimum atomic E-state index is -0.962. The van der Waals surface area contributed by atoms with Crippen molar-refractivity contribution in [2.75, 3.05) is 18.0 Å². The Bertz CT molecular complexity index is 742. The quantitative estimate of drug-likeness (QED) is 0.853. The molecule has 1 atom stereocenters. The van der Waals surface area contributed by atoms with Crippen LogP contribution in [0.15, 0.2) is 54.6 Å². The Kier molecular flexibility index (Phi) is 3.63. The number of β-amino-alcohol motifs (C(OH)–C–C–N with tert-alkyl or cyclic N) is 1. The largest absolute Gasteiger partial charge is 0.346 e. The lowest BCUT2D eigenvalue weighted by atomic mass is 10.0. The van der Waals surface area contributed by atoms with Gasteiger partial charge in [0.05, 0.1) is 6.54 Å². The molecule has 3 nitrogen and oxygen atoms in total. The molecule has 4 heteroatoms. The molecule has 0 unspecified atom stereocenters. The van der Waals surface area contributed by atoms with Gasteiger partial charge in [0.1, 0.15) is 5.69 Å². The van der Waals surface area contributed by atoms with Crippen molar-refractivity contribution in [1.29, 1.82) is 0 Å². The normalized spacial score (nSPS) is 24.0. The minimum Gasteiger partial charge on any atom is -0.346 e. The Balaban J connectivity index is 1.79. The first-order chi connectivity index (χ1) is 11.2. The molecule has 118 valence electrons. The summed E-state index contributed by atoms with van der Waals surface area (Å²) in [5.41, 5.74) is 1.08. The van der Waals surface area contributed by atoms with Crippen molar-refractivity contribution in [3.05, 3.63) is 65.2 Å². The zero-order valence-corrected chi connectivity index (χ0v) is 13.7. The van der Waals surface area contributed by atoms with Crippen LogP contribution in [0.2, 0.25) is 5.02 Å². The lowest BCUT2D eigenvalue weighted by Gasteiger charge is -2.24. The third-order valence-corrected chi connectivity index (χ3v) is 5.11. The van der Waals surface area contributed by atoms with Gasteiger partial charge in [0, 0.05) is 17.0 Å². The highest BCUT2D eigenvalue weighted by Gasteiger charge is 2.52. The van der Waals surface area contributed by atoms with Crippen LogP contribution in [0.1, 0.15) is 24.8 Å². The van der Waals surface area contributed by atoms with Crippen molar-refractivity contribution in [2.24, 2.45) is 0 Å². The SMILES string of the molecule is O[C@]1(c2ccccc2)CN(c2ccc(Cl)cc2)C2=[N+]1CCCC2. The molecule has 0 spiro atoms. The summed E-state index contributed by atoms with van der Waals surface area (Å²) in [6, 6.07) is 17.9. The van der Waals surface area contributed by atoms with Crippen LogP contribution in [-0.4, -0.2) is 28.6 Å². The van der Waals surface area contributed by atoms with Gasteiger partial charge in [-0.25, -0.2) is 9.48 Å². The number of hydrogen-bond acceptors (Lipinski definition) is 2. The van der Waals surface area contributed by atoms with Gasteiger partial charge in [-0.3, -0.25) is 0 Å². The van der Waals surface area contributed by atoms with E-state index in [0.717, 1.165) is 35.7 Å². The predicted octanol–water partition coefficient (Wildman–Crippen LogP) is 3.60. The Hall–Kier alpha value is -1.84. The third kappa shape index (κ3) is 2.44. The first-order valence-electron chi connectivity index (χ1n) is 8.13. The average molecular weight is 328 g/mol. The van der Waals surface area contributed by atoms with Crippen LogP contribution in [0.3, 0.4) is 0 Å². The second-order valence-electron chi connectivity index (χ2n) is 6.27. The molecule has 0 saturated carbocycles. The van der Waals surface area contributed by atoms with Crippen molar-refractivity contribution in [1.82, 2.24) is 0 Å². The number of nitrogens with zero attached hydrogens (tertiary/aromatic N) is 2. The second kappa shape index (κ2) is 5.66. The third-order valence-electron chi connectivity index (χ3n) is 4.85. The van der Waals surface area contributed by atoms with Gasteiger partial charge in [-0.2, -0.15) is 0 Å². The molecule has 0 aliphatic carbocycles. The van der Waals surface area contributed by atoms with E-state index in [4.69, 9.17) is 11.6 Å². The fourth-order valence-corrected chi connectivity index (χ4v) is 3.83. The van der Waals surface area contributed by atoms with Crippen molar-refractivity contribution < 1.29 is 9.68 Å². The summed E-state index contributed by atoms with van der Waals surface area (Å²) in [7, 11) is 0. The molecule has 0 aromatic heterocycles. The summed E-state index contributed by atoms with van der Waals surface area (Å²) in [4.78, 5) is 2.24. The maximum atomic E-state index is 11.5. The van der Waals surface area contributed by atoms with Gasteiger partial charge >= 0.3 is 0 Å². The van der Waals surface area contributed by atoms with Crippen LogP contribution >= 0.6 is 11.6 Å². The molecule has 1 N–H and O–H groups in total. The van der Waals surface area contributed by atoms with Crippen LogP contribution in [-0.2, 0) is 5.72 Å². The average Bonchev–Trinajstić information content (AvgIpc) is 2.91. The lowest BCUT2D eigenvalue weighted by molar-refractivity contribution is -0.661. The standard InChI is InChI=1S/C19H20ClN2O/c20-16-9-11-17(12-10-16)21-14-19(23,15-6-2-1-3-7-15)22-13-5-4-8-18(21)22/h1-3,6-7,9-12,23H,4-5,8,13-14H2/q+1/t19-/m0/s1. The summed E-state index contributed by atoms with van der Waals surface area (Å²) >= 11 is 6.02. The maximum Gasteiger partial charge on any atom is 0.271 e. The number of amidine groups is 1. The fourth-order valence-electron chi connectivity index (χ4n) is 3.71. The van der Waals surface area contributed by atoms with Gasteiger partial charge in [0.2, 0.25) is 0 Å². The number of hydrogen-bond donors (Lipinski definition) is 1. The smallest absolute Gasteiger partial charge is 0.271 e.